The molecular formula is C11H7BrCl2N2O2S. The number of anilines is 1. The molecule has 0 spiro atoms. The van der Waals surface area contributed by atoms with Gasteiger partial charge in [-0.3, -0.25) is 10.1 Å². The minimum absolute atomic E-state index is 0.122. The zero-order valence-electron chi connectivity index (χ0n) is 9.32. The van der Waals surface area contributed by atoms with Gasteiger partial charge in [-0.2, -0.15) is 0 Å². The van der Waals surface area contributed by atoms with Crippen LogP contribution in [0.5, 0.6) is 0 Å². The maximum atomic E-state index is 10.6. The standard InChI is InChI=1S/C11H7BrCl2N2O2S/c12-7-1-2-8(11(14)10(7)13)15-4-6-3-9(16(17)18)19-5-6/h1-3,5,15H,4H2. The second-order valence-electron chi connectivity index (χ2n) is 3.63. The fourth-order valence-electron chi connectivity index (χ4n) is 1.41. The number of nitrogens with one attached hydrogen (secondary N) is 1. The van der Waals surface area contributed by atoms with Crippen molar-refractivity contribution >= 4 is 61.2 Å². The number of halogens is 3. The quantitative estimate of drug-likeness (QED) is 0.442. The molecule has 0 aliphatic heterocycles. The normalized spacial score (nSPS) is 10.5. The molecule has 2 rings (SSSR count). The SMILES string of the molecule is O=[N+]([O-])c1cc(CNc2ccc(Br)c(Cl)c2Cl)cs1. The Morgan fingerprint density at radius 2 is 2.11 bits per heavy atom. The number of hydrogen-bond donors (Lipinski definition) is 1. The van der Waals surface area contributed by atoms with Crippen LogP contribution >= 0.6 is 50.5 Å². The van der Waals surface area contributed by atoms with Crippen molar-refractivity contribution < 1.29 is 4.92 Å². The first-order valence-corrected chi connectivity index (χ1v) is 7.51. The molecule has 0 atom stereocenters. The summed E-state index contributed by atoms with van der Waals surface area (Å²) in [7, 11) is 0. The lowest BCUT2D eigenvalue weighted by Gasteiger charge is -2.09. The summed E-state index contributed by atoms with van der Waals surface area (Å²) in [5.74, 6) is 0. The molecule has 0 aliphatic rings. The van der Waals surface area contributed by atoms with Crippen LogP contribution in [0.3, 0.4) is 0 Å². The molecule has 2 aromatic rings. The third-order valence-electron chi connectivity index (χ3n) is 2.34. The molecule has 0 saturated carbocycles. The van der Waals surface area contributed by atoms with Gasteiger partial charge < -0.3 is 5.32 Å². The Hall–Kier alpha value is -0.820. The van der Waals surface area contributed by atoms with Gasteiger partial charge in [-0.1, -0.05) is 34.5 Å². The summed E-state index contributed by atoms with van der Waals surface area (Å²) >= 11 is 16.5. The summed E-state index contributed by atoms with van der Waals surface area (Å²) in [6.45, 7) is 0.446. The zero-order valence-corrected chi connectivity index (χ0v) is 13.2. The molecular weight excluding hydrogens is 375 g/mol. The van der Waals surface area contributed by atoms with Gasteiger partial charge in [0.25, 0.3) is 0 Å². The van der Waals surface area contributed by atoms with Crippen LogP contribution in [-0.4, -0.2) is 4.92 Å². The van der Waals surface area contributed by atoms with Gasteiger partial charge in [-0.05, 0) is 33.6 Å². The Bertz CT molecular complexity index is 633. The molecule has 0 bridgehead atoms. The van der Waals surface area contributed by atoms with Crippen molar-refractivity contribution in [3.63, 3.8) is 0 Å². The number of nitrogens with zero attached hydrogens (tertiary/aromatic N) is 1. The van der Waals surface area contributed by atoms with Gasteiger partial charge in [0, 0.05) is 22.5 Å². The van der Waals surface area contributed by atoms with Gasteiger partial charge in [-0.15, -0.1) is 0 Å². The molecule has 0 fully saturated rings. The highest BCUT2D eigenvalue weighted by atomic mass is 79.9. The Morgan fingerprint density at radius 1 is 1.37 bits per heavy atom. The van der Waals surface area contributed by atoms with E-state index >= 15 is 0 Å². The van der Waals surface area contributed by atoms with Crippen molar-refractivity contribution in [1.29, 1.82) is 0 Å². The van der Waals surface area contributed by atoms with E-state index in [1.807, 2.05) is 0 Å². The van der Waals surface area contributed by atoms with Crippen LogP contribution in [0.2, 0.25) is 10.0 Å². The van der Waals surface area contributed by atoms with Crippen LogP contribution in [0.1, 0.15) is 5.56 Å². The summed E-state index contributed by atoms with van der Waals surface area (Å²) in [6.07, 6.45) is 0. The van der Waals surface area contributed by atoms with Crippen LogP contribution in [0.4, 0.5) is 10.7 Å². The molecule has 0 radical (unpaired) electrons. The number of nitro groups is 1. The third-order valence-corrected chi connectivity index (χ3v) is 5.04. The molecule has 0 aliphatic carbocycles. The van der Waals surface area contributed by atoms with Crippen LogP contribution < -0.4 is 5.32 Å². The third kappa shape index (κ3) is 3.39. The molecule has 4 nitrogen and oxygen atoms in total. The maximum absolute atomic E-state index is 10.6. The predicted molar refractivity (Wildman–Crippen MR) is 82.5 cm³/mol. The van der Waals surface area contributed by atoms with Crippen LogP contribution in [0.15, 0.2) is 28.1 Å². The molecule has 1 heterocycles. The molecule has 0 saturated heterocycles. The van der Waals surface area contributed by atoms with E-state index in [4.69, 9.17) is 23.2 Å². The molecule has 1 aromatic heterocycles. The minimum atomic E-state index is -0.405. The molecule has 19 heavy (non-hydrogen) atoms. The summed E-state index contributed by atoms with van der Waals surface area (Å²) in [5, 5.41) is 16.4. The van der Waals surface area contributed by atoms with Crippen molar-refractivity contribution in [3.8, 4) is 0 Å². The van der Waals surface area contributed by atoms with E-state index in [1.165, 1.54) is 6.07 Å². The van der Waals surface area contributed by atoms with Crippen LogP contribution in [0.25, 0.3) is 0 Å². The predicted octanol–water partition coefficient (Wildman–Crippen LogP) is 5.34. The van der Waals surface area contributed by atoms with E-state index in [0.717, 1.165) is 21.4 Å². The second-order valence-corrected chi connectivity index (χ2v) is 6.13. The Labute approximate surface area is 131 Å². The maximum Gasteiger partial charge on any atom is 0.324 e. The minimum Gasteiger partial charge on any atom is -0.380 e. The van der Waals surface area contributed by atoms with Crippen LogP contribution in [0, 0.1) is 10.1 Å². The second kappa shape index (κ2) is 6.09. The molecule has 0 amide bonds. The topological polar surface area (TPSA) is 55.2 Å². The van der Waals surface area contributed by atoms with Crippen molar-refractivity contribution in [2.75, 3.05) is 5.32 Å². The number of hydrogen-bond acceptors (Lipinski definition) is 4. The van der Waals surface area contributed by atoms with Gasteiger partial charge in [-0.25, -0.2) is 0 Å². The highest BCUT2D eigenvalue weighted by Gasteiger charge is 2.11. The summed E-state index contributed by atoms with van der Waals surface area (Å²) in [4.78, 5) is 10.2. The van der Waals surface area contributed by atoms with E-state index in [0.29, 0.717) is 22.3 Å². The average molecular weight is 382 g/mol. The van der Waals surface area contributed by atoms with E-state index in [-0.39, 0.29) is 5.00 Å². The smallest absolute Gasteiger partial charge is 0.324 e. The summed E-state index contributed by atoms with van der Waals surface area (Å²) in [6, 6.07) is 5.11. The van der Waals surface area contributed by atoms with Crippen molar-refractivity contribution in [2.24, 2.45) is 0 Å². The van der Waals surface area contributed by atoms with Crippen molar-refractivity contribution in [3.05, 3.63) is 53.8 Å². The number of thiophene rings is 1. The van der Waals surface area contributed by atoms with Crippen LogP contribution in [-0.2, 0) is 6.54 Å². The van der Waals surface area contributed by atoms with Gasteiger partial charge in [0.05, 0.1) is 20.7 Å². The summed E-state index contributed by atoms with van der Waals surface area (Å²) in [5.41, 5.74) is 1.51. The Morgan fingerprint density at radius 3 is 2.74 bits per heavy atom. The van der Waals surface area contributed by atoms with Crippen molar-refractivity contribution in [1.82, 2.24) is 0 Å². The van der Waals surface area contributed by atoms with E-state index in [9.17, 15) is 10.1 Å². The fraction of sp³-hybridized carbons (Fsp3) is 0.0909. The van der Waals surface area contributed by atoms with E-state index < -0.39 is 4.92 Å². The Kier molecular flexibility index (Phi) is 4.67. The molecule has 1 aromatic carbocycles. The molecule has 8 heteroatoms. The van der Waals surface area contributed by atoms with Gasteiger partial charge in [0.15, 0.2) is 0 Å². The monoisotopic (exact) mass is 380 g/mol. The van der Waals surface area contributed by atoms with E-state index in [2.05, 4.69) is 21.2 Å². The van der Waals surface area contributed by atoms with Gasteiger partial charge in [0.1, 0.15) is 0 Å². The fourth-order valence-corrected chi connectivity index (χ4v) is 2.98. The highest BCUT2D eigenvalue weighted by molar-refractivity contribution is 9.10. The zero-order chi connectivity index (χ0) is 14.0. The van der Waals surface area contributed by atoms with E-state index in [1.54, 1.807) is 17.5 Å². The molecule has 0 unspecified atom stereocenters. The average Bonchev–Trinajstić information content (AvgIpc) is 2.84. The Balaban J connectivity index is 2.10. The molecule has 100 valence electrons. The highest BCUT2D eigenvalue weighted by Crippen LogP contribution is 2.36. The van der Waals surface area contributed by atoms with Gasteiger partial charge >= 0.3 is 5.00 Å². The lowest BCUT2D eigenvalue weighted by Crippen LogP contribution is -1.99. The number of benzene rings is 1. The van der Waals surface area contributed by atoms with Gasteiger partial charge in [0.2, 0.25) is 0 Å². The molecule has 1 N–H and O–H groups in total. The first-order chi connectivity index (χ1) is 8.99. The van der Waals surface area contributed by atoms with Crippen molar-refractivity contribution in [2.45, 2.75) is 6.54 Å². The first kappa shape index (κ1) is 14.6. The number of rotatable bonds is 4. The largest absolute Gasteiger partial charge is 0.380 e. The first-order valence-electron chi connectivity index (χ1n) is 5.08. The lowest BCUT2D eigenvalue weighted by molar-refractivity contribution is -0.380. The summed E-state index contributed by atoms with van der Waals surface area (Å²) < 4.78 is 0.718. The lowest BCUT2D eigenvalue weighted by atomic mass is 10.3.